The number of aromatic amines is 1. The van der Waals surface area contributed by atoms with Gasteiger partial charge in [0, 0.05) is 27.7 Å². The molecular weight excluding hydrogens is 553 g/mol. The number of nitrogens with one attached hydrogen (secondary N) is 2. The molecule has 0 radical (unpaired) electrons. The van der Waals surface area contributed by atoms with Gasteiger partial charge in [0.25, 0.3) is 11.2 Å². The van der Waals surface area contributed by atoms with Gasteiger partial charge in [-0.15, -0.1) is 5.11 Å². The first-order valence-electron chi connectivity index (χ1n) is 10.9. The second-order valence-corrected chi connectivity index (χ2v) is 9.23. The summed E-state index contributed by atoms with van der Waals surface area (Å²) in [5.74, 6) is 0.0750. The van der Waals surface area contributed by atoms with Crippen molar-refractivity contribution in [2.24, 2.45) is 10.3 Å². The highest BCUT2D eigenvalue weighted by atomic mass is 35.5. The van der Waals surface area contributed by atoms with Crippen LogP contribution in [-0.4, -0.2) is 25.5 Å². The van der Waals surface area contributed by atoms with Crippen LogP contribution in [-0.2, 0) is 0 Å². The molecule has 0 aliphatic carbocycles. The van der Waals surface area contributed by atoms with E-state index >= 15 is 0 Å². The van der Waals surface area contributed by atoms with E-state index in [9.17, 15) is 19.7 Å². The fourth-order valence-corrected chi connectivity index (χ4v) is 4.60. The van der Waals surface area contributed by atoms with Crippen molar-refractivity contribution in [1.82, 2.24) is 14.6 Å². The lowest BCUT2D eigenvalue weighted by Gasteiger charge is -2.33. The van der Waals surface area contributed by atoms with Crippen molar-refractivity contribution >= 4 is 58.6 Å². The fraction of sp³-hybridized carbons (Fsp3) is 0.0417. The number of carbonyl (C=O) groups is 1. The van der Waals surface area contributed by atoms with Gasteiger partial charge in [-0.3, -0.25) is 24.8 Å². The number of carbonyl (C=O) groups excluding carboxylic acids is 1. The van der Waals surface area contributed by atoms with Crippen molar-refractivity contribution in [1.29, 1.82) is 0 Å². The summed E-state index contributed by atoms with van der Waals surface area (Å²) in [6.45, 7) is 0. The van der Waals surface area contributed by atoms with Crippen molar-refractivity contribution < 1.29 is 9.72 Å². The summed E-state index contributed by atoms with van der Waals surface area (Å²) < 4.78 is 1.14. The third kappa shape index (κ3) is 4.67. The molecular formula is C24H15Cl2N7O4S. The van der Waals surface area contributed by atoms with Gasteiger partial charge >= 0.3 is 6.03 Å². The smallest absolute Gasteiger partial charge is 0.318 e. The normalized spacial score (nSPS) is 14.8. The summed E-state index contributed by atoms with van der Waals surface area (Å²) in [6, 6.07) is 16.7. The van der Waals surface area contributed by atoms with Crippen LogP contribution in [0.5, 0.6) is 0 Å². The van der Waals surface area contributed by atoms with E-state index < -0.39 is 22.6 Å². The summed E-state index contributed by atoms with van der Waals surface area (Å²) in [6.07, 6.45) is 0. The van der Waals surface area contributed by atoms with Gasteiger partial charge in [-0.2, -0.15) is 5.01 Å². The lowest BCUT2D eigenvalue weighted by atomic mass is 9.98. The number of halogens is 2. The number of H-pyrrole nitrogens is 1. The lowest BCUT2D eigenvalue weighted by Crippen LogP contribution is -2.44. The highest BCUT2D eigenvalue weighted by Crippen LogP contribution is 2.38. The first-order valence-corrected chi connectivity index (χ1v) is 12.1. The van der Waals surface area contributed by atoms with Gasteiger partial charge in [-0.05, 0) is 54.7 Å². The van der Waals surface area contributed by atoms with E-state index in [-0.39, 0.29) is 32.5 Å². The Labute approximate surface area is 229 Å². The molecule has 3 aromatic carbocycles. The Morgan fingerprint density at radius 1 is 0.974 bits per heavy atom. The first-order chi connectivity index (χ1) is 18.2. The van der Waals surface area contributed by atoms with E-state index in [4.69, 9.17) is 35.4 Å². The minimum Gasteiger partial charge on any atom is -0.318 e. The summed E-state index contributed by atoms with van der Waals surface area (Å²) >= 11 is 17.8. The number of anilines is 1. The number of benzene rings is 3. The molecule has 0 saturated carbocycles. The minimum atomic E-state index is -1.09. The number of urea groups is 1. The standard InChI is InChI=1S/C24H15Cl2N7O4S/c25-13-5-7-14(8-6-13)29-30-32-20(17-3-1-2-4-18(17)26)19-21(27-23(32)35)28-24(38)31(22(19)34)15-9-11-16(12-10-15)33(36)37/h1-12,20H,(H,27,35)(H,28,38). The number of hydrogen-bond acceptors (Lipinski definition) is 7. The Morgan fingerprint density at radius 3 is 2.32 bits per heavy atom. The molecule has 1 aliphatic heterocycles. The summed E-state index contributed by atoms with van der Waals surface area (Å²) in [5, 5.41) is 23.8. The molecule has 14 heteroatoms. The number of non-ortho nitro benzene ring substituents is 1. The van der Waals surface area contributed by atoms with Gasteiger partial charge in [0.2, 0.25) is 0 Å². The Kier molecular flexibility index (Phi) is 6.76. The van der Waals surface area contributed by atoms with Gasteiger partial charge in [-0.1, -0.05) is 46.6 Å². The summed E-state index contributed by atoms with van der Waals surface area (Å²) in [4.78, 5) is 40.5. The number of nitro groups is 1. The quantitative estimate of drug-likeness (QED) is 0.119. The molecule has 4 aromatic rings. The van der Waals surface area contributed by atoms with Crippen LogP contribution in [0.1, 0.15) is 17.2 Å². The lowest BCUT2D eigenvalue weighted by molar-refractivity contribution is -0.384. The molecule has 2 amide bonds. The molecule has 1 unspecified atom stereocenters. The van der Waals surface area contributed by atoms with Crippen molar-refractivity contribution in [3.63, 3.8) is 0 Å². The van der Waals surface area contributed by atoms with Crippen LogP contribution in [0.3, 0.4) is 0 Å². The minimum absolute atomic E-state index is 0.0305. The number of hydrogen-bond donors (Lipinski definition) is 2. The Morgan fingerprint density at radius 2 is 1.66 bits per heavy atom. The largest absolute Gasteiger partial charge is 0.345 e. The third-order valence-electron chi connectivity index (χ3n) is 5.70. The SMILES string of the molecule is O=C1Nc2[nH]c(=S)n(-c3ccc([N+](=O)[O-])cc3)c(=O)c2C(c2ccccc2Cl)N1N=Nc1ccc(Cl)cc1. The van der Waals surface area contributed by atoms with E-state index in [2.05, 4.69) is 20.6 Å². The van der Waals surface area contributed by atoms with Crippen LogP contribution in [0.4, 0.5) is 22.0 Å². The molecule has 0 fully saturated rings. The van der Waals surface area contributed by atoms with Gasteiger partial charge in [0.1, 0.15) is 11.9 Å². The zero-order chi connectivity index (χ0) is 27.0. The fourth-order valence-electron chi connectivity index (χ4n) is 3.95. The molecule has 2 N–H and O–H groups in total. The third-order valence-corrected chi connectivity index (χ3v) is 6.58. The Bertz CT molecular complexity index is 1720. The molecule has 1 aromatic heterocycles. The van der Waals surface area contributed by atoms with Crippen LogP contribution in [0.2, 0.25) is 10.0 Å². The van der Waals surface area contributed by atoms with Crippen molar-refractivity contribution in [2.45, 2.75) is 6.04 Å². The average molecular weight is 568 g/mol. The number of fused-ring (bicyclic) bond motifs is 1. The molecule has 2 heterocycles. The van der Waals surface area contributed by atoms with E-state index in [0.717, 1.165) is 5.01 Å². The molecule has 38 heavy (non-hydrogen) atoms. The van der Waals surface area contributed by atoms with E-state index in [1.165, 1.54) is 28.8 Å². The molecule has 11 nitrogen and oxygen atoms in total. The van der Waals surface area contributed by atoms with Gasteiger partial charge in [-0.25, -0.2) is 4.79 Å². The van der Waals surface area contributed by atoms with Crippen LogP contribution in [0.25, 0.3) is 5.69 Å². The van der Waals surface area contributed by atoms with Crippen molar-refractivity contribution in [3.8, 4) is 5.69 Å². The van der Waals surface area contributed by atoms with E-state index in [0.29, 0.717) is 16.3 Å². The maximum atomic E-state index is 13.9. The van der Waals surface area contributed by atoms with Gasteiger partial charge in [0.05, 0.1) is 21.9 Å². The number of rotatable bonds is 5. The average Bonchev–Trinajstić information content (AvgIpc) is 2.89. The van der Waals surface area contributed by atoms with E-state index in [1.54, 1.807) is 48.5 Å². The molecule has 190 valence electrons. The van der Waals surface area contributed by atoms with Crippen LogP contribution in [0, 0.1) is 14.9 Å². The maximum Gasteiger partial charge on any atom is 0.345 e. The predicted molar refractivity (Wildman–Crippen MR) is 144 cm³/mol. The van der Waals surface area contributed by atoms with Gasteiger partial charge < -0.3 is 4.98 Å². The number of aromatic nitrogens is 2. The van der Waals surface area contributed by atoms with Crippen molar-refractivity contribution in [2.75, 3.05) is 5.32 Å². The highest BCUT2D eigenvalue weighted by molar-refractivity contribution is 7.71. The Hall–Kier alpha value is -4.39. The molecule has 0 bridgehead atoms. The second kappa shape index (κ2) is 10.2. The molecule has 1 atom stereocenters. The Balaban J connectivity index is 1.71. The summed E-state index contributed by atoms with van der Waals surface area (Å²) in [7, 11) is 0. The monoisotopic (exact) mass is 567 g/mol. The first kappa shape index (κ1) is 25.3. The number of nitro benzene ring substituents is 1. The molecule has 0 saturated heterocycles. The van der Waals surface area contributed by atoms with Gasteiger partial charge in [0.15, 0.2) is 4.77 Å². The zero-order valence-corrected chi connectivity index (χ0v) is 21.4. The molecule has 5 rings (SSSR count). The van der Waals surface area contributed by atoms with Crippen LogP contribution >= 0.6 is 35.4 Å². The zero-order valence-electron chi connectivity index (χ0n) is 19.0. The van der Waals surface area contributed by atoms with Crippen LogP contribution < -0.4 is 10.9 Å². The van der Waals surface area contributed by atoms with E-state index in [1.807, 2.05) is 0 Å². The summed E-state index contributed by atoms with van der Waals surface area (Å²) in [5.41, 5.74) is 0.465. The molecule has 1 aliphatic rings. The highest BCUT2D eigenvalue weighted by Gasteiger charge is 2.39. The predicted octanol–water partition coefficient (Wildman–Crippen LogP) is 6.75. The topological polar surface area (TPSA) is 138 Å². The van der Waals surface area contributed by atoms with Crippen molar-refractivity contribution in [3.05, 3.63) is 119 Å². The maximum absolute atomic E-state index is 13.9. The number of amides is 2. The van der Waals surface area contributed by atoms with Crippen LogP contribution in [0.15, 0.2) is 87.9 Å². The number of nitrogens with zero attached hydrogens (tertiary/aromatic N) is 5. The molecule has 0 spiro atoms. The second-order valence-electron chi connectivity index (χ2n) is 8.00.